The minimum Gasteiger partial charge on any atom is -0.412 e. The van der Waals surface area contributed by atoms with Gasteiger partial charge in [-0.05, 0) is 12.8 Å². The molecule has 2 N–H and O–H groups in total. The molecule has 0 fully saturated rings. The summed E-state index contributed by atoms with van der Waals surface area (Å²) in [6.07, 6.45) is 40.1. The molecule has 0 rings (SSSR count). The zero-order valence-electron chi connectivity index (χ0n) is 27.4. The van der Waals surface area contributed by atoms with Crippen molar-refractivity contribution in [2.45, 2.75) is 219 Å². The summed E-state index contributed by atoms with van der Waals surface area (Å²) >= 11 is 0. The van der Waals surface area contributed by atoms with Gasteiger partial charge >= 0.3 is 11.9 Å². The lowest BCUT2D eigenvalue weighted by atomic mass is 10.0. The van der Waals surface area contributed by atoms with Gasteiger partial charge in [0.1, 0.15) is 0 Å². The van der Waals surface area contributed by atoms with Crippen molar-refractivity contribution in [3.8, 4) is 0 Å². The van der Waals surface area contributed by atoms with E-state index in [9.17, 15) is 9.59 Å². The molecule has 0 aliphatic heterocycles. The van der Waals surface area contributed by atoms with E-state index in [1.165, 1.54) is 167 Å². The summed E-state index contributed by atoms with van der Waals surface area (Å²) < 4.78 is 5.01. The van der Waals surface area contributed by atoms with Crippen LogP contribution >= 0.6 is 0 Å². The van der Waals surface area contributed by atoms with Crippen molar-refractivity contribution < 1.29 is 19.8 Å². The first-order valence-corrected chi connectivity index (χ1v) is 17.9. The zero-order valence-corrected chi connectivity index (χ0v) is 27.4. The molecule has 240 valence electrons. The Labute approximate surface area is 250 Å². The first-order chi connectivity index (χ1) is 19.2. The Bertz CT molecular complexity index is 461. The van der Waals surface area contributed by atoms with Gasteiger partial charge in [-0.1, -0.05) is 194 Å². The zero-order chi connectivity index (χ0) is 28.5. The van der Waals surface area contributed by atoms with E-state index in [-0.39, 0.29) is 17.4 Å². The second-order valence-corrected chi connectivity index (χ2v) is 12.2. The van der Waals surface area contributed by atoms with Crippen LogP contribution in [-0.4, -0.2) is 17.4 Å². The van der Waals surface area contributed by atoms with Gasteiger partial charge in [-0.2, -0.15) is 0 Å². The molecule has 0 bridgehead atoms. The third-order valence-electron chi connectivity index (χ3n) is 8.20. The minimum atomic E-state index is -0.323. The van der Waals surface area contributed by atoms with Gasteiger partial charge in [0.15, 0.2) is 0 Å². The maximum atomic E-state index is 11.9. The molecular weight excluding hydrogens is 496 g/mol. The molecule has 0 atom stereocenters. The average molecular weight is 569 g/mol. The number of hydrogen-bond acceptors (Lipinski definition) is 3. The lowest BCUT2D eigenvalue weighted by molar-refractivity contribution is -0.159. The fourth-order valence-electron chi connectivity index (χ4n) is 5.51. The van der Waals surface area contributed by atoms with Crippen LogP contribution in [0.4, 0.5) is 0 Å². The van der Waals surface area contributed by atoms with E-state index in [2.05, 4.69) is 13.8 Å². The van der Waals surface area contributed by atoms with Gasteiger partial charge in [0.2, 0.25) is 0 Å². The van der Waals surface area contributed by atoms with Crippen molar-refractivity contribution >= 4 is 11.9 Å². The van der Waals surface area contributed by atoms with Crippen LogP contribution in [0.5, 0.6) is 0 Å². The van der Waals surface area contributed by atoms with E-state index < -0.39 is 0 Å². The standard InChI is InChI=1S/C36H70O3.H2O/c1-3-5-7-9-11-13-15-17-19-21-23-25-27-29-31-33-35(37)39-36(38)34-32-30-28-26-24-22-20-18-16-14-12-10-8-6-4-2;/h3-34H2,1-2H3;1H2. The predicted molar refractivity (Wildman–Crippen MR) is 174 cm³/mol. The Kier molecular flexibility index (Phi) is 37.2. The van der Waals surface area contributed by atoms with Crippen LogP contribution in [0.2, 0.25) is 0 Å². The number of esters is 2. The van der Waals surface area contributed by atoms with Crippen molar-refractivity contribution in [1.29, 1.82) is 0 Å². The van der Waals surface area contributed by atoms with Crippen molar-refractivity contribution in [2.24, 2.45) is 0 Å². The molecule has 0 saturated carbocycles. The molecule has 0 saturated heterocycles. The molecule has 0 aromatic rings. The van der Waals surface area contributed by atoms with Gasteiger partial charge in [-0.3, -0.25) is 9.59 Å². The monoisotopic (exact) mass is 569 g/mol. The van der Waals surface area contributed by atoms with Crippen LogP contribution in [0, 0.1) is 0 Å². The number of carbonyl (C=O) groups is 2. The molecule has 0 aliphatic carbocycles. The van der Waals surface area contributed by atoms with E-state index in [0.29, 0.717) is 12.8 Å². The minimum absolute atomic E-state index is 0. The van der Waals surface area contributed by atoms with Crippen LogP contribution in [0.1, 0.15) is 219 Å². The van der Waals surface area contributed by atoms with E-state index in [1.807, 2.05) is 0 Å². The molecular formula is C36H72O4. The predicted octanol–water partition coefficient (Wildman–Crippen LogP) is 11.8. The molecule has 40 heavy (non-hydrogen) atoms. The van der Waals surface area contributed by atoms with Crippen LogP contribution < -0.4 is 0 Å². The van der Waals surface area contributed by atoms with Gasteiger partial charge in [-0.15, -0.1) is 0 Å². The first kappa shape index (κ1) is 41.2. The summed E-state index contributed by atoms with van der Waals surface area (Å²) in [6, 6.07) is 0. The van der Waals surface area contributed by atoms with E-state index in [0.717, 1.165) is 25.7 Å². The Morgan fingerprint density at radius 1 is 0.325 bits per heavy atom. The van der Waals surface area contributed by atoms with Gasteiger partial charge in [0.25, 0.3) is 0 Å². The van der Waals surface area contributed by atoms with E-state index >= 15 is 0 Å². The third kappa shape index (κ3) is 35.1. The van der Waals surface area contributed by atoms with Crippen LogP contribution in [0.15, 0.2) is 0 Å². The van der Waals surface area contributed by atoms with Gasteiger partial charge in [0, 0.05) is 12.8 Å². The lowest BCUT2D eigenvalue weighted by Crippen LogP contribution is -2.11. The van der Waals surface area contributed by atoms with Gasteiger partial charge in [0.05, 0.1) is 0 Å². The maximum Gasteiger partial charge on any atom is 0.313 e. The Morgan fingerprint density at radius 3 is 0.700 bits per heavy atom. The normalized spacial score (nSPS) is 10.9. The first-order valence-electron chi connectivity index (χ1n) is 17.9. The molecule has 0 aromatic heterocycles. The highest BCUT2D eigenvalue weighted by atomic mass is 16.6. The largest absolute Gasteiger partial charge is 0.412 e. The fraction of sp³-hybridized carbons (Fsp3) is 0.944. The summed E-state index contributed by atoms with van der Waals surface area (Å²) in [5, 5.41) is 0. The number of rotatable bonds is 32. The molecule has 0 spiro atoms. The van der Waals surface area contributed by atoms with Gasteiger partial charge < -0.3 is 10.2 Å². The maximum absolute atomic E-state index is 11.9. The van der Waals surface area contributed by atoms with Crippen LogP contribution in [0.3, 0.4) is 0 Å². The lowest BCUT2D eigenvalue weighted by Gasteiger charge is -2.05. The van der Waals surface area contributed by atoms with Crippen molar-refractivity contribution in [2.75, 3.05) is 0 Å². The highest BCUT2D eigenvalue weighted by molar-refractivity contribution is 5.85. The highest BCUT2D eigenvalue weighted by Crippen LogP contribution is 2.15. The topological polar surface area (TPSA) is 74.9 Å². The molecule has 0 aliphatic rings. The molecule has 0 aromatic carbocycles. The molecule has 0 amide bonds. The molecule has 0 unspecified atom stereocenters. The number of carbonyl (C=O) groups excluding carboxylic acids is 2. The van der Waals surface area contributed by atoms with Crippen molar-refractivity contribution in [1.82, 2.24) is 0 Å². The summed E-state index contributed by atoms with van der Waals surface area (Å²) in [6.45, 7) is 4.55. The number of hydrogen-bond donors (Lipinski definition) is 0. The van der Waals surface area contributed by atoms with Crippen molar-refractivity contribution in [3.63, 3.8) is 0 Å². The summed E-state index contributed by atoms with van der Waals surface area (Å²) in [5.74, 6) is -0.647. The molecule has 0 heterocycles. The average Bonchev–Trinajstić information content (AvgIpc) is 2.93. The summed E-state index contributed by atoms with van der Waals surface area (Å²) in [4.78, 5) is 23.8. The molecule has 0 radical (unpaired) electrons. The summed E-state index contributed by atoms with van der Waals surface area (Å²) in [7, 11) is 0. The quantitative estimate of drug-likeness (QED) is 0.0460. The Hall–Kier alpha value is -0.900. The second-order valence-electron chi connectivity index (χ2n) is 12.2. The van der Waals surface area contributed by atoms with Gasteiger partial charge in [-0.25, -0.2) is 0 Å². The number of ether oxygens (including phenoxy) is 1. The van der Waals surface area contributed by atoms with Crippen LogP contribution in [-0.2, 0) is 14.3 Å². The molecule has 4 nitrogen and oxygen atoms in total. The third-order valence-corrected chi connectivity index (χ3v) is 8.20. The Morgan fingerprint density at radius 2 is 0.500 bits per heavy atom. The second kappa shape index (κ2) is 36.1. The smallest absolute Gasteiger partial charge is 0.313 e. The van der Waals surface area contributed by atoms with Crippen LogP contribution in [0.25, 0.3) is 0 Å². The van der Waals surface area contributed by atoms with E-state index in [4.69, 9.17) is 4.74 Å². The summed E-state index contributed by atoms with van der Waals surface area (Å²) in [5.41, 5.74) is 0. The number of unbranched alkanes of at least 4 members (excludes halogenated alkanes) is 28. The Balaban J connectivity index is 0. The SMILES string of the molecule is CCCCCCCCCCCCCCCCCC(=O)OC(=O)CCCCCCCCCCCCCCCCC.O. The highest BCUT2D eigenvalue weighted by Gasteiger charge is 2.09. The molecule has 4 heteroatoms. The fourth-order valence-corrected chi connectivity index (χ4v) is 5.51. The van der Waals surface area contributed by atoms with E-state index in [1.54, 1.807) is 0 Å². The van der Waals surface area contributed by atoms with Crippen molar-refractivity contribution in [3.05, 3.63) is 0 Å².